The fourth-order valence-electron chi connectivity index (χ4n) is 4.36. The van der Waals surface area contributed by atoms with Gasteiger partial charge in [0.2, 0.25) is 5.88 Å². The van der Waals surface area contributed by atoms with Crippen molar-refractivity contribution in [3.63, 3.8) is 0 Å². The highest BCUT2D eigenvalue weighted by atomic mass is 16.5. The van der Waals surface area contributed by atoms with Crippen molar-refractivity contribution in [1.82, 2.24) is 19.8 Å². The van der Waals surface area contributed by atoms with E-state index in [1.807, 2.05) is 74.8 Å². The van der Waals surface area contributed by atoms with E-state index < -0.39 is 0 Å². The van der Waals surface area contributed by atoms with Gasteiger partial charge in [-0.3, -0.25) is 14.7 Å². The molecule has 3 aromatic rings. The molecule has 1 aliphatic heterocycles. The number of carbonyl (C=O) groups excluding carboxylic acids is 1. The first kappa shape index (κ1) is 25.5. The number of hydrogen-bond acceptors (Lipinski definition) is 6. The van der Waals surface area contributed by atoms with Crippen molar-refractivity contribution in [1.29, 1.82) is 0 Å². The van der Waals surface area contributed by atoms with Gasteiger partial charge in [-0.15, -0.1) is 0 Å². The third kappa shape index (κ3) is 6.36. The van der Waals surface area contributed by atoms with Crippen LogP contribution in [0.5, 0.6) is 5.88 Å². The zero-order valence-corrected chi connectivity index (χ0v) is 21.1. The fourth-order valence-corrected chi connectivity index (χ4v) is 4.36. The number of pyridine rings is 2. The molecule has 0 fully saturated rings. The summed E-state index contributed by atoms with van der Waals surface area (Å²) in [7, 11) is 2.05. The third-order valence-corrected chi connectivity index (χ3v) is 6.48. The molecule has 0 unspecified atom stereocenters. The summed E-state index contributed by atoms with van der Waals surface area (Å²) in [6.07, 6.45) is 9.10. The smallest absolute Gasteiger partial charge is 0.259 e. The summed E-state index contributed by atoms with van der Waals surface area (Å²) < 4.78 is 6.40. The van der Waals surface area contributed by atoms with Crippen molar-refractivity contribution in [3.8, 4) is 5.88 Å². The van der Waals surface area contributed by atoms with Crippen molar-refractivity contribution in [2.45, 2.75) is 32.5 Å². The van der Waals surface area contributed by atoms with Gasteiger partial charge in [0.05, 0.1) is 12.6 Å². The van der Waals surface area contributed by atoms with Gasteiger partial charge in [0.1, 0.15) is 11.7 Å². The molecule has 188 valence electrons. The van der Waals surface area contributed by atoms with E-state index in [-0.39, 0.29) is 30.6 Å². The molecule has 0 saturated carbocycles. The lowest BCUT2D eigenvalue weighted by Crippen LogP contribution is -2.49. The van der Waals surface area contributed by atoms with Crippen LogP contribution in [0, 0.1) is 5.92 Å². The predicted molar refractivity (Wildman–Crippen MR) is 141 cm³/mol. The van der Waals surface area contributed by atoms with Crippen molar-refractivity contribution < 1.29 is 14.6 Å². The van der Waals surface area contributed by atoms with Gasteiger partial charge in [-0.1, -0.05) is 55.5 Å². The summed E-state index contributed by atoms with van der Waals surface area (Å²) >= 11 is 0. The minimum absolute atomic E-state index is 0.0342. The summed E-state index contributed by atoms with van der Waals surface area (Å²) in [5, 5.41) is 9.88. The Morgan fingerprint density at radius 3 is 2.67 bits per heavy atom. The Kier molecular flexibility index (Phi) is 8.46. The molecule has 0 saturated heterocycles. The number of rotatable bonds is 8. The van der Waals surface area contributed by atoms with E-state index in [2.05, 4.69) is 27.9 Å². The van der Waals surface area contributed by atoms with Crippen molar-refractivity contribution >= 4 is 18.1 Å². The normalized spacial score (nSPS) is 19.0. The number of hydrogen-bond donors (Lipinski definition) is 1. The molecule has 7 nitrogen and oxygen atoms in total. The molecule has 7 heteroatoms. The van der Waals surface area contributed by atoms with Crippen LogP contribution in [-0.2, 0) is 6.54 Å². The Morgan fingerprint density at radius 2 is 1.94 bits per heavy atom. The van der Waals surface area contributed by atoms with Crippen LogP contribution in [0.1, 0.15) is 40.9 Å². The number of fused-ring (bicyclic) bond motifs is 1. The largest absolute Gasteiger partial charge is 0.472 e. The van der Waals surface area contributed by atoms with Gasteiger partial charge < -0.3 is 14.7 Å². The molecule has 0 radical (unpaired) electrons. The van der Waals surface area contributed by atoms with E-state index in [0.29, 0.717) is 24.5 Å². The summed E-state index contributed by atoms with van der Waals surface area (Å²) in [6.45, 7) is 5.70. The topological polar surface area (TPSA) is 78.8 Å². The Hall–Kier alpha value is -3.55. The highest BCUT2D eigenvalue weighted by molar-refractivity contribution is 5.97. The Bertz CT molecular complexity index is 1170. The van der Waals surface area contributed by atoms with Crippen LogP contribution in [0.2, 0.25) is 0 Å². The minimum atomic E-state index is -0.316. The third-order valence-electron chi connectivity index (χ3n) is 6.48. The molecule has 1 aromatic carbocycles. The zero-order valence-electron chi connectivity index (χ0n) is 21.1. The van der Waals surface area contributed by atoms with Gasteiger partial charge in [-0.25, -0.2) is 4.98 Å². The number of amides is 1. The van der Waals surface area contributed by atoms with Crippen LogP contribution >= 0.6 is 0 Å². The van der Waals surface area contributed by atoms with E-state index in [9.17, 15) is 9.90 Å². The lowest BCUT2D eigenvalue weighted by atomic mass is 9.99. The Balaban J connectivity index is 1.61. The fraction of sp³-hybridized carbons (Fsp3) is 0.345. The number of aromatic nitrogens is 2. The molecular formula is C29H34N4O3. The second-order valence-corrected chi connectivity index (χ2v) is 9.55. The quantitative estimate of drug-likeness (QED) is 0.519. The maximum Gasteiger partial charge on any atom is 0.259 e. The monoisotopic (exact) mass is 486 g/mol. The Morgan fingerprint density at radius 1 is 1.17 bits per heavy atom. The Labute approximate surface area is 213 Å². The number of aliphatic hydroxyl groups is 1. The highest BCUT2D eigenvalue weighted by Crippen LogP contribution is 2.28. The zero-order chi connectivity index (χ0) is 25.5. The average molecular weight is 487 g/mol. The second-order valence-electron chi connectivity index (χ2n) is 9.55. The molecule has 2 aromatic heterocycles. The van der Waals surface area contributed by atoms with Crippen LogP contribution in [0.3, 0.4) is 0 Å². The number of aliphatic hydroxyl groups excluding tert-OH is 1. The van der Waals surface area contributed by atoms with Crippen LogP contribution in [0.15, 0.2) is 67.1 Å². The van der Waals surface area contributed by atoms with E-state index in [0.717, 1.165) is 23.2 Å². The van der Waals surface area contributed by atoms with E-state index in [4.69, 9.17) is 4.74 Å². The van der Waals surface area contributed by atoms with Gasteiger partial charge in [-0.05, 0) is 42.8 Å². The SMILES string of the molecule is C[C@@H]1CN([C@@H](C)CO)C(=O)c2cc(/C=C/c3ccccc3)cnc2O[C@H]1CN(C)Cc1cccnc1. The van der Waals surface area contributed by atoms with Crippen LogP contribution in [-0.4, -0.2) is 69.7 Å². The summed E-state index contributed by atoms with van der Waals surface area (Å²) in [5.74, 6) is 0.188. The van der Waals surface area contributed by atoms with Crippen molar-refractivity contribution in [2.75, 3.05) is 26.7 Å². The highest BCUT2D eigenvalue weighted by Gasteiger charge is 2.34. The summed E-state index contributed by atoms with van der Waals surface area (Å²) in [5.41, 5.74) is 3.41. The number of ether oxygens (including phenoxy) is 1. The van der Waals surface area contributed by atoms with Crippen molar-refractivity contribution in [3.05, 3.63) is 89.4 Å². The number of carbonyl (C=O) groups is 1. The molecule has 0 bridgehead atoms. The van der Waals surface area contributed by atoms with Gasteiger partial charge in [0.25, 0.3) is 5.91 Å². The minimum Gasteiger partial charge on any atom is -0.472 e. The molecule has 3 atom stereocenters. The molecule has 1 aliphatic rings. The average Bonchev–Trinajstić information content (AvgIpc) is 2.90. The first-order valence-corrected chi connectivity index (χ1v) is 12.3. The number of likely N-dealkylation sites (N-methyl/N-ethyl adjacent to an activating group) is 1. The molecule has 1 amide bonds. The second kappa shape index (κ2) is 11.9. The summed E-state index contributed by atoms with van der Waals surface area (Å²) in [6, 6.07) is 15.5. The molecule has 4 rings (SSSR count). The predicted octanol–water partition coefficient (Wildman–Crippen LogP) is 4.00. The number of benzene rings is 1. The maximum absolute atomic E-state index is 13.6. The van der Waals surface area contributed by atoms with E-state index in [1.54, 1.807) is 17.3 Å². The molecule has 36 heavy (non-hydrogen) atoms. The standard InChI is InChI=1S/C29H34N4O3/c1-21-17-33(22(2)20-34)29(35)26-14-24(12-11-23-8-5-4-6-9-23)16-31-28(26)36-27(21)19-32(3)18-25-10-7-13-30-15-25/h4-16,21-22,27,34H,17-20H2,1-3H3/b12-11+/t21-,22+,27+/m1/s1. The number of nitrogens with zero attached hydrogens (tertiary/aromatic N) is 4. The van der Waals surface area contributed by atoms with Gasteiger partial charge in [-0.2, -0.15) is 0 Å². The molecule has 0 aliphatic carbocycles. The first-order valence-electron chi connectivity index (χ1n) is 12.3. The molecule has 3 heterocycles. The van der Waals surface area contributed by atoms with Crippen molar-refractivity contribution in [2.24, 2.45) is 5.92 Å². The van der Waals surface area contributed by atoms with Gasteiger partial charge in [0, 0.05) is 44.1 Å². The molecular weight excluding hydrogens is 452 g/mol. The molecule has 1 N–H and O–H groups in total. The molecule has 0 spiro atoms. The van der Waals surface area contributed by atoms with Crippen LogP contribution in [0.4, 0.5) is 0 Å². The van der Waals surface area contributed by atoms with Gasteiger partial charge in [0.15, 0.2) is 0 Å². The first-order chi connectivity index (χ1) is 17.4. The van der Waals surface area contributed by atoms with Crippen LogP contribution in [0.25, 0.3) is 12.2 Å². The van der Waals surface area contributed by atoms with E-state index in [1.165, 1.54) is 0 Å². The summed E-state index contributed by atoms with van der Waals surface area (Å²) in [4.78, 5) is 26.3. The van der Waals surface area contributed by atoms with Crippen LogP contribution < -0.4 is 4.74 Å². The van der Waals surface area contributed by atoms with Gasteiger partial charge >= 0.3 is 0 Å². The lowest BCUT2D eigenvalue weighted by molar-refractivity contribution is 0.0325. The lowest BCUT2D eigenvalue weighted by Gasteiger charge is -2.37. The maximum atomic E-state index is 13.6. The van der Waals surface area contributed by atoms with E-state index >= 15 is 0 Å².